The second kappa shape index (κ2) is 15.1. The van der Waals surface area contributed by atoms with Crippen molar-refractivity contribution >= 4 is 51.0 Å². The Bertz CT molecular complexity index is 2700. The second-order valence-corrected chi connectivity index (χ2v) is 13.6. The zero-order valence-corrected chi connectivity index (χ0v) is 30.7. The minimum Gasteiger partial charge on any atom is -0.493 e. The summed E-state index contributed by atoms with van der Waals surface area (Å²) < 4.78 is 34.2. The number of aliphatic hydroxyl groups is 1. The number of benzene rings is 5. The average molecular weight is 748 g/mol. The molecule has 0 fully saturated rings. The van der Waals surface area contributed by atoms with Crippen molar-refractivity contribution in [1.29, 1.82) is 0 Å². The highest BCUT2D eigenvalue weighted by molar-refractivity contribution is 5.96. The molecule has 2 unspecified atom stereocenters. The molecule has 1 aliphatic carbocycles. The van der Waals surface area contributed by atoms with Gasteiger partial charge in [-0.1, -0.05) is 72.8 Å². The van der Waals surface area contributed by atoms with Crippen molar-refractivity contribution in [1.82, 2.24) is 15.4 Å². The fraction of sp³-hybridized carbons (Fsp3) is 0.156. The molecule has 8 rings (SSSR count). The van der Waals surface area contributed by atoms with Crippen molar-refractivity contribution in [3.8, 4) is 23.0 Å². The number of aromatic nitrogens is 2. The number of urea groups is 1. The van der Waals surface area contributed by atoms with E-state index >= 15 is 4.39 Å². The summed E-state index contributed by atoms with van der Waals surface area (Å²) in [6.07, 6.45) is 6.74. The van der Waals surface area contributed by atoms with Gasteiger partial charge in [0.1, 0.15) is 5.75 Å². The molecule has 10 nitrogen and oxygen atoms in total. The third-order valence-corrected chi connectivity index (χ3v) is 10.2. The Morgan fingerprint density at radius 1 is 0.946 bits per heavy atom. The van der Waals surface area contributed by atoms with E-state index in [1.807, 2.05) is 42.5 Å². The van der Waals surface area contributed by atoms with Crippen LogP contribution in [0.3, 0.4) is 0 Å². The lowest BCUT2D eigenvalue weighted by atomic mass is 9.67. The van der Waals surface area contributed by atoms with E-state index in [1.54, 1.807) is 49.7 Å². The monoisotopic (exact) mass is 747 g/mol. The molecule has 0 spiro atoms. The van der Waals surface area contributed by atoms with Gasteiger partial charge in [0.2, 0.25) is 0 Å². The Morgan fingerprint density at radius 3 is 2.62 bits per heavy atom. The van der Waals surface area contributed by atoms with E-state index in [0.717, 1.165) is 45.8 Å². The summed E-state index contributed by atoms with van der Waals surface area (Å²) in [5, 5.41) is 18.2. The van der Waals surface area contributed by atoms with Crippen molar-refractivity contribution < 1.29 is 28.5 Å². The van der Waals surface area contributed by atoms with Gasteiger partial charge in [0.15, 0.2) is 23.1 Å². The first-order valence-electron chi connectivity index (χ1n) is 18.2. The van der Waals surface area contributed by atoms with Crippen LogP contribution in [0.25, 0.3) is 38.8 Å². The zero-order chi connectivity index (χ0) is 38.8. The number of nitrogens with zero attached hydrogens (tertiary/aromatic N) is 3. The number of carbonyl (C=O) groups excluding carboxylic acids is 1. The largest absolute Gasteiger partial charge is 0.493 e. The number of primary amides is 1. The Balaban J connectivity index is 1.03. The molecule has 0 radical (unpaired) electrons. The maximum atomic E-state index is 16.1. The lowest BCUT2D eigenvalue weighted by molar-refractivity contribution is 0.181. The quantitative estimate of drug-likeness (QED) is 0.0522. The first-order chi connectivity index (χ1) is 27.2. The summed E-state index contributed by atoms with van der Waals surface area (Å²) in [7, 11) is 1.56. The van der Waals surface area contributed by atoms with Gasteiger partial charge in [0, 0.05) is 34.6 Å². The molecular weight excluding hydrogens is 710 g/mol. The normalized spacial score (nSPS) is 16.3. The van der Waals surface area contributed by atoms with Crippen LogP contribution in [0.2, 0.25) is 0 Å². The lowest BCUT2D eigenvalue weighted by Crippen LogP contribution is -2.44. The van der Waals surface area contributed by atoms with Crippen LogP contribution < -0.4 is 25.4 Å². The number of fused-ring (bicyclic) bond motifs is 4. The van der Waals surface area contributed by atoms with Crippen molar-refractivity contribution in [3.63, 3.8) is 0 Å². The van der Waals surface area contributed by atoms with Crippen molar-refractivity contribution in [2.75, 3.05) is 13.7 Å². The van der Waals surface area contributed by atoms with Gasteiger partial charge < -0.3 is 25.1 Å². The molecule has 2 aromatic heterocycles. The van der Waals surface area contributed by atoms with Crippen LogP contribution in [-0.4, -0.2) is 47.1 Å². The summed E-state index contributed by atoms with van der Waals surface area (Å²) >= 11 is 0. The number of rotatable bonds is 11. The van der Waals surface area contributed by atoms with Crippen LogP contribution in [0.4, 0.5) is 9.18 Å². The number of nitrogens with two attached hydrogens (primary N) is 1. The number of aliphatic hydroxyl groups excluding tert-OH is 1. The Kier molecular flexibility index (Phi) is 9.76. The van der Waals surface area contributed by atoms with E-state index in [9.17, 15) is 9.90 Å². The smallest absolute Gasteiger partial charge is 0.332 e. The van der Waals surface area contributed by atoms with E-state index < -0.39 is 23.4 Å². The summed E-state index contributed by atoms with van der Waals surface area (Å²) in [6.45, 7) is 2.52. The number of methoxy groups -OCH3 is 1. The molecule has 0 saturated carbocycles. The molecule has 1 aliphatic rings. The van der Waals surface area contributed by atoms with E-state index in [4.69, 9.17) is 24.9 Å². The SMILES string of the molecule is COc1cc2c(Oc3ccc(C4(C=NNC(N)=O)c5ccccc5C=CC4O)cc3F)ccnc2cc1OCCCc1ccc(C)c2nc3ccccc3cc12. The summed E-state index contributed by atoms with van der Waals surface area (Å²) in [5.41, 5.74) is 12.8. The molecule has 0 bridgehead atoms. The number of nitrogens with one attached hydrogen (secondary N) is 1. The molecule has 0 aliphatic heterocycles. The van der Waals surface area contributed by atoms with Crippen molar-refractivity contribution in [2.24, 2.45) is 10.8 Å². The Morgan fingerprint density at radius 2 is 1.79 bits per heavy atom. The summed E-state index contributed by atoms with van der Waals surface area (Å²) in [6, 6.07) is 30.8. The van der Waals surface area contributed by atoms with Gasteiger partial charge in [0.25, 0.3) is 0 Å². The zero-order valence-electron chi connectivity index (χ0n) is 30.7. The number of amides is 2. The van der Waals surface area contributed by atoms with Crippen molar-refractivity contribution in [2.45, 2.75) is 31.3 Å². The maximum absolute atomic E-state index is 16.1. The minimum atomic E-state index is -1.35. The van der Waals surface area contributed by atoms with Crippen LogP contribution in [0.1, 0.15) is 34.2 Å². The predicted octanol–water partition coefficient (Wildman–Crippen LogP) is 8.52. The molecule has 7 aromatic rings. The van der Waals surface area contributed by atoms with E-state index in [1.165, 1.54) is 23.9 Å². The molecule has 11 heteroatoms. The van der Waals surface area contributed by atoms with Gasteiger partial charge in [-0.15, -0.1) is 0 Å². The number of carbonyl (C=O) groups is 1. The standard InChI is InChI=1S/C45H38FN5O5/c1-27-13-14-28(32-22-30-9-4-6-12-36(30)50-43(27)32)10-7-21-55-41-25-37-33(24-40(41)54-2)38(19-20-48-37)56-39-17-16-31(23-35(39)46)45(26-49-51-44(47)53)34-11-5-3-8-29(34)15-18-42(45)52/h3-6,8-9,11-20,22-26,42,52H,7,10,21H2,1-2H3,(H3,47,51,53). The maximum Gasteiger partial charge on any atom is 0.332 e. The predicted molar refractivity (Wildman–Crippen MR) is 216 cm³/mol. The van der Waals surface area contributed by atoms with Crippen molar-refractivity contribution in [3.05, 3.63) is 149 Å². The van der Waals surface area contributed by atoms with Crippen LogP contribution in [-0.2, 0) is 11.8 Å². The molecule has 0 saturated heterocycles. The number of aryl methyl sites for hydroxylation is 2. The number of hydrogen-bond acceptors (Lipinski definition) is 8. The molecule has 2 heterocycles. The first-order valence-corrected chi connectivity index (χ1v) is 18.2. The average Bonchev–Trinajstić information content (AvgIpc) is 3.21. The van der Waals surface area contributed by atoms with Gasteiger partial charge in [0.05, 0.1) is 41.8 Å². The van der Waals surface area contributed by atoms with E-state index in [2.05, 4.69) is 46.7 Å². The Hall–Kier alpha value is -6.85. The fourth-order valence-electron chi connectivity index (χ4n) is 7.44. The number of ether oxygens (including phenoxy) is 3. The highest BCUT2D eigenvalue weighted by atomic mass is 19.1. The topological polar surface area (TPSA) is 141 Å². The fourth-order valence-corrected chi connectivity index (χ4v) is 7.44. The highest BCUT2D eigenvalue weighted by Gasteiger charge is 2.43. The number of hydrogen-bond donors (Lipinski definition) is 3. The van der Waals surface area contributed by atoms with Crippen LogP contribution >= 0.6 is 0 Å². The first kappa shape index (κ1) is 36.1. The number of halogens is 1. The molecular formula is C45H38FN5O5. The third-order valence-electron chi connectivity index (χ3n) is 10.2. The summed E-state index contributed by atoms with van der Waals surface area (Å²) in [4.78, 5) is 20.9. The Labute approximate surface area is 322 Å². The molecule has 2 amide bonds. The molecule has 280 valence electrons. The second-order valence-electron chi connectivity index (χ2n) is 13.6. The van der Waals surface area contributed by atoms with Gasteiger partial charge in [-0.05, 0) is 84.0 Å². The van der Waals surface area contributed by atoms with Crippen LogP contribution in [0.15, 0.2) is 121 Å². The highest BCUT2D eigenvalue weighted by Crippen LogP contribution is 2.43. The van der Waals surface area contributed by atoms with Gasteiger partial charge in [-0.25, -0.2) is 19.6 Å². The van der Waals surface area contributed by atoms with Crippen LogP contribution in [0, 0.1) is 12.7 Å². The van der Waals surface area contributed by atoms with Crippen LogP contribution in [0.5, 0.6) is 23.0 Å². The van der Waals surface area contributed by atoms with E-state index in [0.29, 0.717) is 45.9 Å². The molecule has 56 heavy (non-hydrogen) atoms. The van der Waals surface area contributed by atoms with Gasteiger partial charge in [-0.3, -0.25) is 4.98 Å². The molecule has 5 aromatic carbocycles. The van der Waals surface area contributed by atoms with E-state index in [-0.39, 0.29) is 5.75 Å². The minimum absolute atomic E-state index is 0.0520. The molecule has 2 atom stereocenters. The third kappa shape index (κ3) is 6.73. The summed E-state index contributed by atoms with van der Waals surface area (Å²) in [5.74, 6) is 0.626. The van der Waals surface area contributed by atoms with Gasteiger partial charge in [-0.2, -0.15) is 5.10 Å². The van der Waals surface area contributed by atoms with Gasteiger partial charge >= 0.3 is 6.03 Å². The number of para-hydroxylation sites is 1. The number of hydrazone groups is 1. The number of pyridine rings is 2. The molecule has 4 N–H and O–H groups in total. The lowest BCUT2D eigenvalue weighted by Gasteiger charge is -2.38.